The number of hydrogen-bond acceptors (Lipinski definition) is 5. The highest BCUT2D eigenvalue weighted by molar-refractivity contribution is 7.92. The van der Waals surface area contributed by atoms with Gasteiger partial charge in [-0.25, -0.2) is 13.1 Å². The number of rotatable bonds is 5. The molecule has 0 aliphatic rings. The number of nitrogens with zero attached hydrogens (tertiary/aromatic N) is 4. The molecule has 0 saturated carbocycles. The van der Waals surface area contributed by atoms with Gasteiger partial charge in [0.15, 0.2) is 5.82 Å². The van der Waals surface area contributed by atoms with E-state index < -0.39 is 10.0 Å². The minimum Gasteiger partial charge on any atom is -0.283 e. The van der Waals surface area contributed by atoms with Gasteiger partial charge in [-0.15, -0.1) is 16.7 Å². The Bertz CT molecular complexity index is 670. The van der Waals surface area contributed by atoms with Gasteiger partial charge in [0.05, 0.1) is 5.75 Å². The molecule has 0 bridgehead atoms. The van der Waals surface area contributed by atoms with Crippen LogP contribution in [-0.4, -0.2) is 40.3 Å². The van der Waals surface area contributed by atoms with Crippen molar-refractivity contribution >= 4 is 27.3 Å². The van der Waals surface area contributed by atoms with Crippen molar-refractivity contribution in [3.05, 3.63) is 24.3 Å². The summed E-state index contributed by atoms with van der Waals surface area (Å²) in [5, 5.41) is 11.1. The molecular formula is C10H12ClN5O2S. The maximum absolute atomic E-state index is 11.6. The predicted octanol–water partition coefficient (Wildman–Crippen LogP) is 0.858. The Morgan fingerprint density at radius 1 is 1.42 bits per heavy atom. The summed E-state index contributed by atoms with van der Waals surface area (Å²) in [5.41, 5.74) is 1.17. The van der Waals surface area contributed by atoms with Crippen LogP contribution in [-0.2, 0) is 17.1 Å². The molecule has 102 valence electrons. The average Bonchev–Trinajstić information content (AvgIpc) is 2.75. The average molecular weight is 302 g/mol. The molecule has 0 saturated heterocycles. The molecule has 0 unspecified atom stereocenters. The van der Waals surface area contributed by atoms with Crippen molar-refractivity contribution in [1.29, 1.82) is 0 Å². The molecule has 0 atom stereocenters. The zero-order valence-corrected chi connectivity index (χ0v) is 11.7. The second kappa shape index (κ2) is 5.54. The molecule has 9 heteroatoms. The van der Waals surface area contributed by atoms with Gasteiger partial charge in [-0.1, -0.05) is 12.1 Å². The van der Waals surface area contributed by atoms with Crippen molar-refractivity contribution < 1.29 is 8.42 Å². The van der Waals surface area contributed by atoms with Crippen LogP contribution in [0, 0.1) is 0 Å². The molecule has 2 aromatic rings. The van der Waals surface area contributed by atoms with E-state index in [9.17, 15) is 8.42 Å². The van der Waals surface area contributed by atoms with Gasteiger partial charge >= 0.3 is 0 Å². The Labute approximate surface area is 115 Å². The molecule has 0 amide bonds. The highest BCUT2D eigenvalue weighted by atomic mass is 35.5. The first-order chi connectivity index (χ1) is 9.02. The van der Waals surface area contributed by atoms with E-state index in [1.54, 1.807) is 31.3 Å². The summed E-state index contributed by atoms with van der Waals surface area (Å²) < 4.78 is 27.2. The fourth-order valence-corrected chi connectivity index (χ4v) is 2.93. The maximum atomic E-state index is 11.6. The van der Waals surface area contributed by atoms with Gasteiger partial charge < -0.3 is 0 Å². The lowest BCUT2D eigenvalue weighted by Gasteiger charge is -2.07. The summed E-state index contributed by atoms with van der Waals surface area (Å²) in [7, 11) is -1.71. The van der Waals surface area contributed by atoms with Gasteiger partial charge in [-0.3, -0.25) is 4.72 Å². The Hall–Kier alpha value is -1.67. The van der Waals surface area contributed by atoms with Crippen molar-refractivity contribution in [3.63, 3.8) is 0 Å². The van der Waals surface area contributed by atoms with E-state index in [4.69, 9.17) is 11.6 Å². The van der Waals surface area contributed by atoms with Gasteiger partial charge in [0.2, 0.25) is 10.0 Å². The van der Waals surface area contributed by atoms with Gasteiger partial charge in [-0.2, -0.15) is 0 Å². The van der Waals surface area contributed by atoms with Crippen LogP contribution in [0.4, 0.5) is 5.69 Å². The summed E-state index contributed by atoms with van der Waals surface area (Å²) in [5.74, 6) is 0.463. The summed E-state index contributed by atoms with van der Waals surface area (Å²) in [6.45, 7) is 0. The first-order valence-corrected chi connectivity index (χ1v) is 7.60. The number of hydrogen-bond donors (Lipinski definition) is 1. The van der Waals surface area contributed by atoms with Crippen LogP contribution in [0.5, 0.6) is 0 Å². The Balaban J connectivity index is 2.28. The molecule has 19 heavy (non-hydrogen) atoms. The zero-order valence-electron chi connectivity index (χ0n) is 10.1. The first kappa shape index (κ1) is 13.8. The van der Waals surface area contributed by atoms with Gasteiger partial charge in [0, 0.05) is 24.2 Å². The van der Waals surface area contributed by atoms with Crippen LogP contribution in [0.3, 0.4) is 0 Å². The third-order valence-corrected chi connectivity index (χ3v) is 4.06. The Kier molecular flexibility index (Phi) is 4.01. The molecule has 0 radical (unpaired) electrons. The van der Waals surface area contributed by atoms with E-state index in [1.165, 1.54) is 4.68 Å². The monoisotopic (exact) mass is 301 g/mol. The molecule has 1 aromatic carbocycles. The molecular weight excluding hydrogens is 290 g/mol. The number of anilines is 1. The number of halogens is 1. The lowest BCUT2D eigenvalue weighted by molar-refractivity contribution is 0.602. The quantitative estimate of drug-likeness (QED) is 0.827. The molecule has 1 heterocycles. The molecule has 2 rings (SSSR count). The van der Waals surface area contributed by atoms with Crippen LogP contribution in [0.25, 0.3) is 11.4 Å². The van der Waals surface area contributed by atoms with Gasteiger partial charge in [0.1, 0.15) is 0 Å². The number of nitrogens with one attached hydrogen (secondary N) is 1. The van der Waals surface area contributed by atoms with E-state index in [-0.39, 0.29) is 11.6 Å². The number of sulfonamides is 1. The SMILES string of the molecule is Cn1nnnc1-c1cccc(NS(=O)(=O)CCCl)c1. The topological polar surface area (TPSA) is 89.8 Å². The van der Waals surface area contributed by atoms with Gasteiger partial charge in [-0.05, 0) is 22.6 Å². The second-order valence-electron chi connectivity index (χ2n) is 3.82. The van der Waals surface area contributed by atoms with E-state index in [0.717, 1.165) is 5.56 Å². The number of benzene rings is 1. The fraction of sp³-hybridized carbons (Fsp3) is 0.300. The summed E-state index contributed by atoms with van der Waals surface area (Å²) >= 11 is 5.44. The number of tetrazole rings is 1. The molecule has 0 aliphatic heterocycles. The lowest BCUT2D eigenvalue weighted by atomic mass is 10.2. The van der Waals surface area contributed by atoms with Crippen molar-refractivity contribution in [2.75, 3.05) is 16.4 Å². The molecule has 1 aromatic heterocycles. The third kappa shape index (κ3) is 3.42. The summed E-state index contributed by atoms with van der Waals surface area (Å²) in [4.78, 5) is 0. The molecule has 1 N–H and O–H groups in total. The van der Waals surface area contributed by atoms with Crippen LogP contribution in [0.1, 0.15) is 0 Å². The number of aryl methyl sites for hydroxylation is 1. The highest BCUT2D eigenvalue weighted by Crippen LogP contribution is 2.20. The molecule has 0 spiro atoms. The smallest absolute Gasteiger partial charge is 0.233 e. The van der Waals surface area contributed by atoms with E-state index in [2.05, 4.69) is 20.2 Å². The van der Waals surface area contributed by atoms with Crippen LogP contribution < -0.4 is 4.72 Å². The second-order valence-corrected chi connectivity index (χ2v) is 6.04. The third-order valence-electron chi connectivity index (χ3n) is 2.36. The zero-order chi connectivity index (χ0) is 13.9. The van der Waals surface area contributed by atoms with Crippen LogP contribution in [0.2, 0.25) is 0 Å². The minimum atomic E-state index is -3.42. The lowest BCUT2D eigenvalue weighted by Crippen LogP contribution is -2.17. The van der Waals surface area contributed by atoms with Gasteiger partial charge in [0.25, 0.3) is 0 Å². The van der Waals surface area contributed by atoms with Crippen molar-refractivity contribution in [3.8, 4) is 11.4 Å². The molecule has 0 aliphatic carbocycles. The van der Waals surface area contributed by atoms with Crippen LogP contribution in [0.15, 0.2) is 24.3 Å². The van der Waals surface area contributed by atoms with Crippen molar-refractivity contribution in [2.24, 2.45) is 7.05 Å². The Morgan fingerprint density at radius 3 is 2.84 bits per heavy atom. The predicted molar refractivity (Wildman–Crippen MR) is 72.4 cm³/mol. The van der Waals surface area contributed by atoms with E-state index in [1.807, 2.05) is 0 Å². The minimum absolute atomic E-state index is 0.0439. The molecule has 0 fully saturated rings. The standard InChI is InChI=1S/C10H12ClN5O2S/c1-16-10(12-14-15-16)8-3-2-4-9(7-8)13-19(17,18)6-5-11/h2-4,7,13H,5-6H2,1H3. The highest BCUT2D eigenvalue weighted by Gasteiger charge is 2.11. The van der Waals surface area contributed by atoms with Crippen LogP contribution >= 0.6 is 11.6 Å². The summed E-state index contributed by atoms with van der Waals surface area (Å²) in [6.07, 6.45) is 0. The van der Waals surface area contributed by atoms with Crippen molar-refractivity contribution in [2.45, 2.75) is 0 Å². The first-order valence-electron chi connectivity index (χ1n) is 5.41. The molecule has 7 nitrogen and oxygen atoms in total. The fourth-order valence-electron chi connectivity index (χ4n) is 1.53. The number of alkyl halides is 1. The largest absolute Gasteiger partial charge is 0.283 e. The Morgan fingerprint density at radius 2 is 2.21 bits per heavy atom. The number of aromatic nitrogens is 4. The summed E-state index contributed by atoms with van der Waals surface area (Å²) in [6, 6.07) is 6.84. The van der Waals surface area contributed by atoms with Crippen molar-refractivity contribution in [1.82, 2.24) is 20.2 Å². The van der Waals surface area contributed by atoms with E-state index in [0.29, 0.717) is 11.5 Å². The normalized spacial score (nSPS) is 11.5. The van der Waals surface area contributed by atoms with E-state index >= 15 is 0 Å². The maximum Gasteiger partial charge on any atom is 0.233 e.